The number of aromatic nitrogens is 1. The summed E-state index contributed by atoms with van der Waals surface area (Å²) in [5, 5.41) is 2.03. The van der Waals surface area contributed by atoms with Crippen LogP contribution in [0, 0.1) is 0 Å². The maximum atomic E-state index is 13.0. The van der Waals surface area contributed by atoms with Crippen LogP contribution in [-0.2, 0) is 9.47 Å². The van der Waals surface area contributed by atoms with E-state index in [1.54, 1.807) is 13.8 Å². The van der Waals surface area contributed by atoms with Gasteiger partial charge in [-0.25, -0.2) is 9.59 Å². The molecule has 0 fully saturated rings. The molecule has 0 unspecified atom stereocenters. The van der Waals surface area contributed by atoms with Crippen LogP contribution in [0.15, 0.2) is 66.9 Å². The summed E-state index contributed by atoms with van der Waals surface area (Å²) in [5.41, 5.74) is 2.54. The van der Waals surface area contributed by atoms with E-state index in [9.17, 15) is 9.59 Å². The lowest BCUT2D eigenvalue weighted by molar-refractivity contribution is 0.0482. The normalized spacial score (nSPS) is 11.0. The molecule has 4 aromatic rings. The number of ether oxygens (including phenoxy) is 2. The van der Waals surface area contributed by atoms with E-state index in [1.165, 1.54) is 0 Å². The van der Waals surface area contributed by atoms with Crippen LogP contribution in [0.3, 0.4) is 0 Å². The maximum Gasteiger partial charge on any atom is 0.341 e. The zero-order valence-electron chi connectivity index (χ0n) is 16.3. The highest BCUT2D eigenvalue weighted by Crippen LogP contribution is 2.37. The van der Waals surface area contributed by atoms with Gasteiger partial charge < -0.3 is 13.9 Å². The molecular formula is C24H21NO4. The molecule has 29 heavy (non-hydrogen) atoms. The van der Waals surface area contributed by atoms with Crippen molar-refractivity contribution in [1.29, 1.82) is 0 Å². The lowest BCUT2D eigenvalue weighted by atomic mass is 9.98. The van der Waals surface area contributed by atoms with Crippen LogP contribution in [-0.4, -0.2) is 29.6 Å². The van der Waals surface area contributed by atoms with Gasteiger partial charge in [0.2, 0.25) is 0 Å². The van der Waals surface area contributed by atoms with Crippen LogP contribution in [0.25, 0.3) is 27.5 Å². The Bertz CT molecular complexity index is 1220. The number of rotatable bonds is 5. The summed E-state index contributed by atoms with van der Waals surface area (Å²) >= 11 is 0. The van der Waals surface area contributed by atoms with Crippen molar-refractivity contribution in [1.82, 2.24) is 4.40 Å². The zero-order chi connectivity index (χ0) is 20.4. The number of hydrogen-bond donors (Lipinski definition) is 0. The molecule has 4 rings (SSSR count). The first-order valence-electron chi connectivity index (χ1n) is 9.62. The van der Waals surface area contributed by atoms with E-state index >= 15 is 0 Å². The average molecular weight is 387 g/mol. The molecule has 0 saturated heterocycles. The lowest BCUT2D eigenvalue weighted by Gasteiger charge is -2.10. The molecule has 0 radical (unpaired) electrons. The summed E-state index contributed by atoms with van der Waals surface area (Å²) < 4.78 is 12.5. The van der Waals surface area contributed by atoms with Crippen molar-refractivity contribution >= 4 is 28.2 Å². The fourth-order valence-corrected chi connectivity index (χ4v) is 3.72. The van der Waals surface area contributed by atoms with E-state index in [-0.39, 0.29) is 24.3 Å². The smallest absolute Gasteiger partial charge is 0.341 e. The molecule has 0 saturated carbocycles. The van der Waals surface area contributed by atoms with Gasteiger partial charge >= 0.3 is 11.9 Å². The minimum atomic E-state index is -0.540. The number of hydrogen-bond acceptors (Lipinski definition) is 4. The van der Waals surface area contributed by atoms with Crippen LogP contribution < -0.4 is 0 Å². The number of nitrogens with zero attached hydrogens (tertiary/aromatic N) is 1. The maximum absolute atomic E-state index is 13.0. The van der Waals surface area contributed by atoms with Crippen LogP contribution in [0.1, 0.15) is 34.6 Å². The standard InChI is InChI=1S/C24H21NO4/c1-3-28-23(26)20-19-14-7-8-15-25(19)22(21(20)24(27)29-4-2)18-13-9-11-16-10-5-6-12-17(16)18/h5-15H,3-4H2,1-2H3. The Morgan fingerprint density at radius 3 is 2.21 bits per heavy atom. The minimum Gasteiger partial charge on any atom is -0.462 e. The second-order valence-electron chi connectivity index (χ2n) is 6.52. The molecule has 0 atom stereocenters. The molecule has 2 aromatic heterocycles. The van der Waals surface area contributed by atoms with E-state index in [0.717, 1.165) is 16.3 Å². The van der Waals surface area contributed by atoms with Gasteiger partial charge in [-0.05, 0) is 36.8 Å². The Kier molecular flexibility index (Phi) is 5.04. The third kappa shape index (κ3) is 3.14. The van der Waals surface area contributed by atoms with Crippen molar-refractivity contribution in [2.75, 3.05) is 13.2 Å². The quantitative estimate of drug-likeness (QED) is 0.446. The fourth-order valence-electron chi connectivity index (χ4n) is 3.72. The van der Waals surface area contributed by atoms with Gasteiger partial charge in [0, 0.05) is 11.8 Å². The topological polar surface area (TPSA) is 57.0 Å². The highest BCUT2D eigenvalue weighted by molar-refractivity contribution is 6.14. The highest BCUT2D eigenvalue weighted by Gasteiger charge is 2.31. The number of pyridine rings is 1. The second-order valence-corrected chi connectivity index (χ2v) is 6.52. The molecule has 0 N–H and O–H groups in total. The summed E-state index contributed by atoms with van der Waals surface area (Å²) in [4.78, 5) is 25.9. The molecule has 0 amide bonds. The van der Waals surface area contributed by atoms with Crippen molar-refractivity contribution in [2.24, 2.45) is 0 Å². The van der Waals surface area contributed by atoms with Gasteiger partial charge in [0.15, 0.2) is 0 Å². The van der Waals surface area contributed by atoms with Crippen molar-refractivity contribution in [2.45, 2.75) is 13.8 Å². The predicted molar refractivity (Wildman–Crippen MR) is 112 cm³/mol. The number of esters is 2. The van der Waals surface area contributed by atoms with E-state index in [2.05, 4.69) is 0 Å². The second kappa shape index (κ2) is 7.80. The molecule has 2 heterocycles. The van der Waals surface area contributed by atoms with E-state index < -0.39 is 11.9 Å². The highest BCUT2D eigenvalue weighted by atomic mass is 16.5. The largest absolute Gasteiger partial charge is 0.462 e. The first kappa shape index (κ1) is 18.7. The summed E-state index contributed by atoms with van der Waals surface area (Å²) in [6.07, 6.45) is 1.85. The Morgan fingerprint density at radius 1 is 0.793 bits per heavy atom. The molecule has 0 spiro atoms. The Balaban J connectivity index is 2.14. The summed E-state index contributed by atoms with van der Waals surface area (Å²) in [6, 6.07) is 19.4. The zero-order valence-corrected chi connectivity index (χ0v) is 16.3. The van der Waals surface area contributed by atoms with Gasteiger partial charge in [-0.2, -0.15) is 0 Å². The molecule has 5 nitrogen and oxygen atoms in total. The van der Waals surface area contributed by atoms with Crippen molar-refractivity contribution in [3.8, 4) is 11.3 Å². The molecular weight excluding hydrogens is 366 g/mol. The van der Waals surface area contributed by atoms with E-state index in [0.29, 0.717) is 11.2 Å². The van der Waals surface area contributed by atoms with Crippen LogP contribution >= 0.6 is 0 Å². The van der Waals surface area contributed by atoms with Gasteiger partial charge in [-0.1, -0.05) is 48.5 Å². The third-order valence-electron chi connectivity index (χ3n) is 4.85. The SMILES string of the molecule is CCOC(=O)c1c(C(=O)OCC)c2ccccn2c1-c1cccc2ccccc12. The Morgan fingerprint density at radius 2 is 1.45 bits per heavy atom. The third-order valence-corrected chi connectivity index (χ3v) is 4.85. The molecule has 146 valence electrons. The molecule has 0 aliphatic carbocycles. The van der Waals surface area contributed by atoms with Gasteiger partial charge in [-0.3, -0.25) is 0 Å². The Labute approximate surface area is 168 Å². The van der Waals surface area contributed by atoms with Crippen molar-refractivity contribution < 1.29 is 19.1 Å². The van der Waals surface area contributed by atoms with Crippen molar-refractivity contribution in [3.63, 3.8) is 0 Å². The van der Waals surface area contributed by atoms with E-state index in [4.69, 9.17) is 9.47 Å². The number of carbonyl (C=O) groups is 2. The monoisotopic (exact) mass is 387 g/mol. The van der Waals surface area contributed by atoms with Crippen molar-refractivity contribution in [3.05, 3.63) is 78.0 Å². The van der Waals surface area contributed by atoms with Gasteiger partial charge in [0.05, 0.1) is 24.4 Å². The lowest BCUT2D eigenvalue weighted by Crippen LogP contribution is -2.13. The number of fused-ring (bicyclic) bond motifs is 2. The molecule has 5 heteroatoms. The summed E-state index contributed by atoms with van der Waals surface area (Å²) in [7, 11) is 0. The van der Waals surface area contributed by atoms with E-state index in [1.807, 2.05) is 71.3 Å². The minimum absolute atomic E-state index is 0.211. The Hall–Kier alpha value is -3.60. The summed E-state index contributed by atoms with van der Waals surface area (Å²) in [5.74, 6) is -1.08. The first-order valence-corrected chi connectivity index (χ1v) is 9.62. The van der Waals surface area contributed by atoms with Crippen LogP contribution in [0.5, 0.6) is 0 Å². The van der Waals surface area contributed by atoms with Crippen LogP contribution in [0.2, 0.25) is 0 Å². The van der Waals surface area contributed by atoms with Gasteiger partial charge in [0.25, 0.3) is 0 Å². The number of benzene rings is 2. The number of carbonyl (C=O) groups excluding carboxylic acids is 2. The van der Waals surface area contributed by atoms with Crippen LogP contribution in [0.4, 0.5) is 0 Å². The average Bonchev–Trinajstić information content (AvgIpc) is 3.09. The fraction of sp³-hybridized carbons (Fsp3) is 0.167. The van der Waals surface area contributed by atoms with Gasteiger partial charge in [0.1, 0.15) is 11.1 Å². The van der Waals surface area contributed by atoms with Gasteiger partial charge in [-0.15, -0.1) is 0 Å². The predicted octanol–water partition coefficient (Wildman–Crippen LogP) is 5.11. The molecule has 0 bridgehead atoms. The molecule has 0 aliphatic rings. The molecule has 0 aliphatic heterocycles. The molecule has 2 aromatic carbocycles. The summed E-state index contributed by atoms with van der Waals surface area (Å²) in [6.45, 7) is 3.91. The first-order chi connectivity index (χ1) is 14.2.